The molecule has 2 heterocycles. The molecule has 0 aliphatic carbocycles. The number of hydrogen-bond donors (Lipinski definition) is 1. The lowest BCUT2D eigenvalue weighted by molar-refractivity contribution is -0.0692. The van der Waals surface area contributed by atoms with E-state index in [1.165, 1.54) is 0 Å². The van der Waals surface area contributed by atoms with Crippen LogP contribution in [0.2, 0.25) is 0 Å². The van der Waals surface area contributed by atoms with Gasteiger partial charge in [-0.2, -0.15) is 0 Å². The van der Waals surface area contributed by atoms with Gasteiger partial charge in [-0.15, -0.1) is 0 Å². The average Bonchev–Trinajstić information content (AvgIpc) is 3.12. The number of hydrogen-bond acceptors (Lipinski definition) is 9. The fourth-order valence-corrected chi connectivity index (χ4v) is 6.25. The first-order chi connectivity index (χ1) is 23.4. The van der Waals surface area contributed by atoms with Gasteiger partial charge in [0.1, 0.15) is 24.7 Å². The smallest absolute Gasteiger partial charge is 0.410 e. The van der Waals surface area contributed by atoms with Gasteiger partial charge in [-0.3, -0.25) is 0 Å². The summed E-state index contributed by atoms with van der Waals surface area (Å²) in [5.74, 6) is 1.27. The summed E-state index contributed by atoms with van der Waals surface area (Å²) in [6.07, 6.45) is 1.12. The van der Waals surface area contributed by atoms with Crippen LogP contribution in [0.15, 0.2) is 72.8 Å². The molecule has 3 aromatic carbocycles. The summed E-state index contributed by atoms with van der Waals surface area (Å²) in [7, 11) is 3.44. The molecule has 0 radical (unpaired) electrons. The molecule has 2 aliphatic rings. The third kappa shape index (κ3) is 9.85. The molecule has 260 valence electrons. The number of methoxy groups -OCH3 is 2. The van der Waals surface area contributed by atoms with Gasteiger partial charge in [0.05, 0.1) is 56.8 Å². The number of piperidine rings is 1. The second-order valence-electron chi connectivity index (χ2n) is 12.5. The number of aliphatic hydroxyl groups excluding tert-OH is 1. The van der Waals surface area contributed by atoms with E-state index in [0.29, 0.717) is 26.4 Å². The number of β-amino-alcohol motifs (C(OH)–C–C–N with tert-alkyl or cyclic N) is 1. The Kier molecular flexibility index (Phi) is 13.4. The van der Waals surface area contributed by atoms with Crippen LogP contribution < -0.4 is 14.4 Å². The Labute approximate surface area is 284 Å². The van der Waals surface area contributed by atoms with Crippen molar-refractivity contribution in [1.29, 1.82) is 0 Å². The number of anilines is 1. The monoisotopic (exact) mass is 662 g/mol. The summed E-state index contributed by atoms with van der Waals surface area (Å²) in [4.78, 5) is 17.1. The van der Waals surface area contributed by atoms with Crippen LogP contribution in [0.3, 0.4) is 0 Å². The predicted molar refractivity (Wildman–Crippen MR) is 184 cm³/mol. The minimum atomic E-state index is -0.858. The van der Waals surface area contributed by atoms with E-state index in [1.54, 1.807) is 19.1 Å². The Morgan fingerprint density at radius 3 is 2.54 bits per heavy atom. The first-order valence-corrected chi connectivity index (χ1v) is 17.0. The molecule has 10 heteroatoms. The van der Waals surface area contributed by atoms with E-state index in [0.717, 1.165) is 66.2 Å². The largest absolute Gasteiger partial charge is 0.494 e. The fourth-order valence-electron chi connectivity index (χ4n) is 6.25. The molecule has 0 bridgehead atoms. The van der Waals surface area contributed by atoms with Crippen molar-refractivity contribution in [2.75, 3.05) is 65.1 Å². The molecule has 10 nitrogen and oxygen atoms in total. The molecule has 1 saturated heterocycles. The van der Waals surface area contributed by atoms with Gasteiger partial charge in [0.15, 0.2) is 0 Å². The number of likely N-dealkylation sites (tertiary alicyclic amines) is 1. The number of fused-ring (bicyclic) bond motifs is 1. The maximum Gasteiger partial charge on any atom is 0.410 e. The highest BCUT2D eigenvalue weighted by Crippen LogP contribution is 2.35. The first-order valence-electron chi connectivity index (χ1n) is 17.0. The van der Waals surface area contributed by atoms with Crippen molar-refractivity contribution in [2.45, 2.75) is 63.6 Å². The van der Waals surface area contributed by atoms with Gasteiger partial charge >= 0.3 is 6.09 Å². The standard InChI is InChI=1S/C38H50N2O8/c1-28(44-3)9-7-21-45-32-15-13-31(14-16-32)37-34(41)24-40(38(42)48-26-29-10-5-4-6-11-29)25-36(37)47-27-30-12-17-35-33(23-30)39(19-22-46-35)18-8-20-43-2/h4-6,10-17,23,28,34,36-37,41H,7-9,18-22,24-27H2,1-3H3/t28-,34-,36+,37+/m1/s1. The molecule has 5 rings (SSSR count). The van der Waals surface area contributed by atoms with Crippen molar-refractivity contribution < 1.29 is 38.3 Å². The lowest BCUT2D eigenvalue weighted by Gasteiger charge is -2.41. The topological polar surface area (TPSA) is 99.2 Å². The van der Waals surface area contributed by atoms with Crippen LogP contribution in [0.1, 0.15) is 48.8 Å². The van der Waals surface area contributed by atoms with E-state index in [9.17, 15) is 9.90 Å². The number of aliphatic hydroxyl groups is 1. The number of carbonyl (C=O) groups is 1. The summed E-state index contributed by atoms with van der Waals surface area (Å²) in [6, 6.07) is 23.5. The van der Waals surface area contributed by atoms with E-state index >= 15 is 0 Å². The van der Waals surface area contributed by atoms with Gasteiger partial charge in [0.25, 0.3) is 0 Å². The van der Waals surface area contributed by atoms with Gasteiger partial charge in [0, 0.05) is 33.3 Å². The van der Waals surface area contributed by atoms with Crippen LogP contribution >= 0.6 is 0 Å². The van der Waals surface area contributed by atoms with Crippen LogP contribution in [0.5, 0.6) is 11.5 Å². The zero-order valence-corrected chi connectivity index (χ0v) is 28.4. The summed E-state index contributed by atoms with van der Waals surface area (Å²) >= 11 is 0. The van der Waals surface area contributed by atoms with Crippen LogP contribution in [0, 0.1) is 0 Å². The highest BCUT2D eigenvalue weighted by molar-refractivity contribution is 5.68. The molecule has 2 aliphatic heterocycles. The Bertz CT molecular complexity index is 1410. The molecule has 0 spiro atoms. The molecule has 1 N–H and O–H groups in total. The van der Waals surface area contributed by atoms with Crippen molar-refractivity contribution in [3.8, 4) is 11.5 Å². The maximum absolute atomic E-state index is 13.2. The Morgan fingerprint density at radius 1 is 0.958 bits per heavy atom. The zero-order valence-electron chi connectivity index (χ0n) is 28.4. The van der Waals surface area contributed by atoms with Crippen molar-refractivity contribution in [3.05, 3.63) is 89.5 Å². The molecule has 4 atom stereocenters. The van der Waals surface area contributed by atoms with Crippen molar-refractivity contribution in [2.24, 2.45) is 0 Å². The number of amides is 1. The van der Waals surface area contributed by atoms with Gasteiger partial charge in [-0.25, -0.2) is 4.79 Å². The molecule has 1 amide bonds. The van der Waals surface area contributed by atoms with Crippen molar-refractivity contribution >= 4 is 11.8 Å². The summed E-state index contributed by atoms with van der Waals surface area (Å²) in [5.41, 5.74) is 3.85. The molecule has 0 saturated carbocycles. The Morgan fingerprint density at radius 2 is 1.77 bits per heavy atom. The van der Waals surface area contributed by atoms with Crippen LogP contribution in [-0.2, 0) is 32.2 Å². The summed E-state index contributed by atoms with van der Waals surface area (Å²) in [6.45, 7) is 6.56. The molecule has 0 unspecified atom stereocenters. The van der Waals surface area contributed by atoms with E-state index in [4.69, 9.17) is 28.4 Å². The second-order valence-corrected chi connectivity index (χ2v) is 12.5. The minimum Gasteiger partial charge on any atom is -0.494 e. The molecule has 48 heavy (non-hydrogen) atoms. The quantitative estimate of drug-likeness (QED) is 0.191. The second kappa shape index (κ2) is 18.1. The Hall–Kier alpha value is -3.83. The van der Waals surface area contributed by atoms with Crippen LogP contribution in [0.25, 0.3) is 0 Å². The normalized spacial score (nSPS) is 19.7. The fraction of sp³-hybridized carbons (Fsp3) is 0.500. The third-order valence-electron chi connectivity index (χ3n) is 9.00. The van der Waals surface area contributed by atoms with Crippen molar-refractivity contribution in [1.82, 2.24) is 4.90 Å². The van der Waals surface area contributed by atoms with E-state index in [-0.39, 0.29) is 31.7 Å². The average molecular weight is 663 g/mol. The number of ether oxygens (including phenoxy) is 6. The molecule has 1 fully saturated rings. The van der Waals surface area contributed by atoms with Gasteiger partial charge in [-0.05, 0) is 67.1 Å². The molecule has 3 aromatic rings. The Balaban J connectivity index is 1.28. The molecular weight excluding hydrogens is 612 g/mol. The minimum absolute atomic E-state index is 0.140. The third-order valence-corrected chi connectivity index (χ3v) is 9.00. The first kappa shape index (κ1) is 35.5. The number of nitrogens with zero attached hydrogens (tertiary/aromatic N) is 2. The molecule has 0 aromatic heterocycles. The lowest BCUT2D eigenvalue weighted by Crippen LogP contribution is -2.53. The predicted octanol–water partition coefficient (Wildman–Crippen LogP) is 5.80. The summed E-state index contributed by atoms with van der Waals surface area (Å²) < 4.78 is 34.7. The zero-order chi connectivity index (χ0) is 33.7. The number of carbonyl (C=O) groups excluding carboxylic acids is 1. The number of rotatable bonds is 16. The van der Waals surface area contributed by atoms with Crippen molar-refractivity contribution in [3.63, 3.8) is 0 Å². The van der Waals surface area contributed by atoms with Crippen LogP contribution in [-0.4, -0.2) is 94.6 Å². The van der Waals surface area contributed by atoms with Gasteiger partial charge in [-0.1, -0.05) is 48.5 Å². The van der Waals surface area contributed by atoms with E-state index < -0.39 is 18.3 Å². The highest BCUT2D eigenvalue weighted by Gasteiger charge is 2.40. The lowest BCUT2D eigenvalue weighted by atomic mass is 9.84. The van der Waals surface area contributed by atoms with E-state index in [2.05, 4.69) is 11.0 Å². The highest BCUT2D eigenvalue weighted by atomic mass is 16.6. The number of benzene rings is 3. The van der Waals surface area contributed by atoms with Crippen LogP contribution in [0.4, 0.5) is 10.5 Å². The van der Waals surface area contributed by atoms with Gasteiger partial charge in [0.2, 0.25) is 0 Å². The van der Waals surface area contributed by atoms with Gasteiger partial charge < -0.3 is 43.3 Å². The van der Waals surface area contributed by atoms with E-state index in [1.807, 2.05) is 73.7 Å². The summed E-state index contributed by atoms with van der Waals surface area (Å²) in [5, 5.41) is 11.5. The molecular formula is C38H50N2O8. The maximum atomic E-state index is 13.2. The SMILES string of the molecule is COCCCN1CCOc2ccc(CO[C@H]3CN(C(=O)OCc4ccccc4)C[C@@H](O)[C@@H]3c3ccc(OCCC[C@@H](C)OC)cc3)cc21.